The van der Waals surface area contributed by atoms with Crippen molar-refractivity contribution < 1.29 is 4.79 Å². The Morgan fingerprint density at radius 2 is 2.32 bits per heavy atom. The molecule has 4 heteroatoms. The monoisotopic (exact) mass is 280 g/mol. The molecule has 19 heavy (non-hydrogen) atoms. The minimum Gasteiger partial charge on any atom is -0.349 e. The first-order valence-electron chi connectivity index (χ1n) is 6.75. The summed E-state index contributed by atoms with van der Waals surface area (Å²) in [6, 6.07) is 7.46. The second kappa shape index (κ2) is 5.51. The first-order chi connectivity index (χ1) is 8.93. The molecule has 0 heterocycles. The Labute approximate surface area is 119 Å². The quantitative estimate of drug-likeness (QED) is 0.894. The maximum atomic E-state index is 12.4. The van der Waals surface area contributed by atoms with Crippen LogP contribution in [0.2, 0.25) is 5.02 Å². The van der Waals surface area contributed by atoms with Crippen molar-refractivity contribution in [3.05, 3.63) is 34.9 Å². The summed E-state index contributed by atoms with van der Waals surface area (Å²) in [5.74, 6) is 0.0463. The van der Waals surface area contributed by atoms with Crippen LogP contribution in [0.3, 0.4) is 0 Å². The Bertz CT molecular complexity index is 477. The van der Waals surface area contributed by atoms with Gasteiger partial charge in [-0.05, 0) is 44.4 Å². The molecular weight excluding hydrogens is 260 g/mol. The Morgan fingerprint density at radius 1 is 1.58 bits per heavy atom. The van der Waals surface area contributed by atoms with E-state index in [1.54, 1.807) is 0 Å². The largest absolute Gasteiger partial charge is 0.349 e. The van der Waals surface area contributed by atoms with Crippen molar-refractivity contribution in [2.24, 2.45) is 11.1 Å². The third-order valence-electron chi connectivity index (χ3n) is 4.24. The molecule has 3 nitrogen and oxygen atoms in total. The van der Waals surface area contributed by atoms with Crippen molar-refractivity contribution in [2.45, 2.75) is 45.2 Å². The normalized spacial score (nSPS) is 28.1. The third kappa shape index (κ3) is 2.93. The van der Waals surface area contributed by atoms with E-state index in [9.17, 15) is 4.79 Å². The van der Waals surface area contributed by atoms with E-state index in [0.717, 1.165) is 24.8 Å². The molecule has 0 aromatic heterocycles. The fraction of sp³-hybridized carbons (Fsp3) is 0.533. The van der Waals surface area contributed by atoms with Gasteiger partial charge in [-0.15, -0.1) is 0 Å². The van der Waals surface area contributed by atoms with Gasteiger partial charge in [0.05, 0.1) is 11.5 Å². The Hall–Kier alpha value is -1.06. The van der Waals surface area contributed by atoms with E-state index in [2.05, 4.69) is 5.32 Å². The first kappa shape index (κ1) is 14.4. The van der Waals surface area contributed by atoms with Crippen LogP contribution in [0.4, 0.5) is 0 Å². The third-order valence-corrected chi connectivity index (χ3v) is 4.48. The fourth-order valence-electron chi connectivity index (χ4n) is 2.70. The highest BCUT2D eigenvalue weighted by molar-refractivity contribution is 6.30. The molecule has 1 aliphatic rings. The SMILES string of the molecule is CC(NC(=O)C1(C)CCCC1N)c1cccc(Cl)c1. The van der Waals surface area contributed by atoms with E-state index in [-0.39, 0.29) is 18.0 Å². The highest BCUT2D eigenvalue weighted by Crippen LogP contribution is 2.37. The molecule has 2 rings (SSSR count). The zero-order chi connectivity index (χ0) is 14.0. The van der Waals surface area contributed by atoms with Crippen LogP contribution in [0.5, 0.6) is 0 Å². The summed E-state index contributed by atoms with van der Waals surface area (Å²) < 4.78 is 0. The minimum atomic E-state index is -0.438. The maximum Gasteiger partial charge on any atom is 0.227 e. The Morgan fingerprint density at radius 3 is 2.89 bits per heavy atom. The van der Waals surface area contributed by atoms with Crippen LogP contribution in [-0.4, -0.2) is 11.9 Å². The van der Waals surface area contributed by atoms with Crippen molar-refractivity contribution in [1.29, 1.82) is 0 Å². The molecule has 1 aromatic rings. The molecule has 1 amide bonds. The molecule has 0 aliphatic heterocycles. The summed E-state index contributed by atoms with van der Waals surface area (Å²) in [5.41, 5.74) is 6.64. The maximum absolute atomic E-state index is 12.4. The molecule has 1 saturated carbocycles. The fourth-order valence-corrected chi connectivity index (χ4v) is 2.89. The molecular formula is C15H21ClN2O. The van der Waals surface area contributed by atoms with E-state index in [1.165, 1.54) is 0 Å². The van der Waals surface area contributed by atoms with E-state index >= 15 is 0 Å². The molecule has 1 fully saturated rings. The second-order valence-corrected chi connectivity index (χ2v) is 6.10. The molecule has 3 N–H and O–H groups in total. The molecule has 104 valence electrons. The van der Waals surface area contributed by atoms with Crippen molar-refractivity contribution in [1.82, 2.24) is 5.32 Å². The molecule has 3 unspecified atom stereocenters. The summed E-state index contributed by atoms with van der Waals surface area (Å²) in [6.45, 7) is 3.93. The van der Waals surface area contributed by atoms with Crippen molar-refractivity contribution in [3.63, 3.8) is 0 Å². The zero-order valence-corrected chi connectivity index (χ0v) is 12.2. The van der Waals surface area contributed by atoms with Crippen LogP contribution < -0.4 is 11.1 Å². The number of hydrogen-bond acceptors (Lipinski definition) is 2. The smallest absolute Gasteiger partial charge is 0.227 e. The summed E-state index contributed by atoms with van der Waals surface area (Å²) in [4.78, 5) is 12.4. The van der Waals surface area contributed by atoms with Crippen LogP contribution in [0.15, 0.2) is 24.3 Å². The predicted octanol–water partition coefficient (Wildman–Crippen LogP) is 3.03. The average molecular weight is 281 g/mol. The highest BCUT2D eigenvalue weighted by Gasteiger charge is 2.43. The van der Waals surface area contributed by atoms with Gasteiger partial charge in [0.2, 0.25) is 5.91 Å². The summed E-state index contributed by atoms with van der Waals surface area (Å²) in [5, 5.41) is 3.74. The molecule has 0 radical (unpaired) electrons. The molecule has 1 aromatic carbocycles. The van der Waals surface area contributed by atoms with Gasteiger partial charge in [-0.25, -0.2) is 0 Å². The topological polar surface area (TPSA) is 55.1 Å². The molecule has 0 saturated heterocycles. The average Bonchev–Trinajstić information content (AvgIpc) is 2.71. The van der Waals surface area contributed by atoms with Crippen LogP contribution in [0, 0.1) is 5.41 Å². The molecule has 3 atom stereocenters. The van der Waals surface area contributed by atoms with Crippen LogP contribution in [0.1, 0.15) is 44.7 Å². The van der Waals surface area contributed by atoms with Gasteiger partial charge >= 0.3 is 0 Å². The number of rotatable bonds is 3. The zero-order valence-electron chi connectivity index (χ0n) is 11.4. The molecule has 0 spiro atoms. The lowest BCUT2D eigenvalue weighted by molar-refractivity contribution is -0.131. The van der Waals surface area contributed by atoms with Crippen LogP contribution >= 0.6 is 11.6 Å². The Balaban J connectivity index is 2.07. The minimum absolute atomic E-state index is 0.0425. The van der Waals surface area contributed by atoms with E-state index in [1.807, 2.05) is 38.1 Å². The number of carbonyl (C=O) groups excluding carboxylic acids is 1. The number of nitrogens with two attached hydrogens (primary N) is 1. The van der Waals surface area contributed by atoms with Gasteiger partial charge in [0.15, 0.2) is 0 Å². The number of nitrogens with one attached hydrogen (secondary N) is 1. The van der Waals surface area contributed by atoms with Gasteiger partial charge in [0.1, 0.15) is 0 Å². The number of halogens is 1. The lowest BCUT2D eigenvalue weighted by Gasteiger charge is -2.29. The van der Waals surface area contributed by atoms with E-state index in [4.69, 9.17) is 17.3 Å². The van der Waals surface area contributed by atoms with Gasteiger partial charge in [0, 0.05) is 11.1 Å². The number of hydrogen-bond donors (Lipinski definition) is 2. The standard InChI is InChI=1S/C15H21ClN2O/c1-10(11-5-3-6-12(16)9-11)18-14(19)15(2)8-4-7-13(15)17/h3,5-6,9-10,13H,4,7-8,17H2,1-2H3,(H,18,19). The lowest BCUT2D eigenvalue weighted by atomic mass is 9.84. The second-order valence-electron chi connectivity index (χ2n) is 5.67. The number of carbonyl (C=O) groups is 1. The lowest BCUT2D eigenvalue weighted by Crippen LogP contribution is -2.47. The number of amides is 1. The number of benzene rings is 1. The molecule has 1 aliphatic carbocycles. The van der Waals surface area contributed by atoms with E-state index < -0.39 is 5.41 Å². The van der Waals surface area contributed by atoms with Crippen LogP contribution in [-0.2, 0) is 4.79 Å². The van der Waals surface area contributed by atoms with Gasteiger partial charge in [-0.1, -0.05) is 30.2 Å². The Kier molecular flexibility index (Phi) is 4.16. The van der Waals surface area contributed by atoms with Crippen LogP contribution in [0.25, 0.3) is 0 Å². The molecule has 0 bridgehead atoms. The van der Waals surface area contributed by atoms with Crippen molar-refractivity contribution >= 4 is 17.5 Å². The summed E-state index contributed by atoms with van der Waals surface area (Å²) in [7, 11) is 0. The van der Waals surface area contributed by atoms with Gasteiger partial charge in [-0.2, -0.15) is 0 Å². The van der Waals surface area contributed by atoms with E-state index in [0.29, 0.717) is 5.02 Å². The first-order valence-corrected chi connectivity index (χ1v) is 7.13. The summed E-state index contributed by atoms with van der Waals surface area (Å²) in [6.07, 6.45) is 2.81. The van der Waals surface area contributed by atoms with Gasteiger partial charge in [-0.3, -0.25) is 4.79 Å². The summed E-state index contributed by atoms with van der Waals surface area (Å²) >= 11 is 5.97. The highest BCUT2D eigenvalue weighted by atomic mass is 35.5. The van der Waals surface area contributed by atoms with Gasteiger partial charge in [0.25, 0.3) is 0 Å². The van der Waals surface area contributed by atoms with Gasteiger partial charge < -0.3 is 11.1 Å². The predicted molar refractivity (Wildman–Crippen MR) is 77.9 cm³/mol. The van der Waals surface area contributed by atoms with Crippen molar-refractivity contribution in [3.8, 4) is 0 Å². The van der Waals surface area contributed by atoms with Crippen molar-refractivity contribution in [2.75, 3.05) is 0 Å².